The van der Waals surface area contributed by atoms with Crippen molar-refractivity contribution >= 4 is 23.2 Å². The minimum atomic E-state index is -0.396. The molecule has 2 aromatic carbocycles. The van der Waals surface area contributed by atoms with Crippen LogP contribution in [-0.4, -0.2) is 18.6 Å². The Labute approximate surface area is 152 Å². The van der Waals surface area contributed by atoms with Crippen LogP contribution >= 0.6 is 11.6 Å². The van der Waals surface area contributed by atoms with Gasteiger partial charge in [0.05, 0.1) is 23.3 Å². The van der Waals surface area contributed by atoms with Crippen LogP contribution in [0.2, 0.25) is 5.02 Å². The van der Waals surface area contributed by atoms with Gasteiger partial charge in [-0.25, -0.2) is 0 Å². The molecule has 132 valence electrons. The molecule has 0 unspecified atom stereocenters. The molecule has 0 radical (unpaired) electrons. The minimum Gasteiger partial charge on any atom is -0.490 e. The zero-order valence-electron chi connectivity index (χ0n) is 14.4. The summed E-state index contributed by atoms with van der Waals surface area (Å²) >= 11 is 6.42. The maximum absolute atomic E-state index is 12.3. The summed E-state index contributed by atoms with van der Waals surface area (Å²) in [5.41, 5.74) is 2.20. The van der Waals surface area contributed by atoms with Gasteiger partial charge in [0, 0.05) is 5.69 Å². The van der Waals surface area contributed by atoms with Gasteiger partial charge in [-0.05, 0) is 50.6 Å². The van der Waals surface area contributed by atoms with Crippen LogP contribution in [0.5, 0.6) is 11.5 Å². The summed E-state index contributed by atoms with van der Waals surface area (Å²) in [4.78, 5) is 12.3. The standard InChI is InChI=1S/C19H21ClN2O3/c1-4-24-16-10-12(9-14(20)17(16)25-11(2)3)18-21-15-8-6-5-7-13(15)19(23)22-18/h5-11,18,21H,4H2,1-3H3,(H,22,23)/t18-/m1/s1. The topological polar surface area (TPSA) is 59.6 Å². The molecule has 1 heterocycles. The van der Waals surface area contributed by atoms with Gasteiger partial charge in [0.1, 0.15) is 6.17 Å². The normalized spacial score (nSPS) is 16.0. The zero-order chi connectivity index (χ0) is 18.0. The predicted octanol–water partition coefficient (Wildman–Crippen LogP) is 4.38. The van der Waals surface area contributed by atoms with E-state index in [2.05, 4.69) is 10.6 Å². The lowest BCUT2D eigenvalue weighted by Gasteiger charge is -2.29. The van der Waals surface area contributed by atoms with E-state index in [4.69, 9.17) is 21.1 Å². The highest BCUT2D eigenvalue weighted by Gasteiger charge is 2.26. The highest BCUT2D eigenvalue weighted by molar-refractivity contribution is 6.32. The molecule has 1 aliphatic heterocycles. The summed E-state index contributed by atoms with van der Waals surface area (Å²) in [5, 5.41) is 6.70. The lowest BCUT2D eigenvalue weighted by Crippen LogP contribution is -2.38. The number of hydrogen-bond acceptors (Lipinski definition) is 4. The molecule has 0 bridgehead atoms. The Hall–Kier alpha value is -2.40. The predicted molar refractivity (Wildman–Crippen MR) is 98.7 cm³/mol. The molecule has 0 fully saturated rings. The van der Waals surface area contributed by atoms with Crippen LogP contribution in [0.1, 0.15) is 42.9 Å². The van der Waals surface area contributed by atoms with E-state index in [0.29, 0.717) is 28.7 Å². The fourth-order valence-electron chi connectivity index (χ4n) is 2.74. The summed E-state index contributed by atoms with van der Waals surface area (Å²) in [7, 11) is 0. The van der Waals surface area contributed by atoms with Crippen LogP contribution in [0.15, 0.2) is 36.4 Å². The molecule has 2 N–H and O–H groups in total. The molecule has 3 rings (SSSR count). The maximum atomic E-state index is 12.3. The molecule has 2 aromatic rings. The Balaban J connectivity index is 1.97. The van der Waals surface area contributed by atoms with Crippen LogP contribution < -0.4 is 20.1 Å². The first-order valence-electron chi connectivity index (χ1n) is 8.29. The van der Waals surface area contributed by atoms with Crippen molar-refractivity contribution in [1.82, 2.24) is 5.32 Å². The summed E-state index contributed by atoms with van der Waals surface area (Å²) in [6, 6.07) is 11.0. The number of ether oxygens (including phenoxy) is 2. The largest absolute Gasteiger partial charge is 0.490 e. The second kappa shape index (κ2) is 7.23. The number of halogens is 1. The van der Waals surface area contributed by atoms with E-state index in [-0.39, 0.29) is 12.0 Å². The molecule has 25 heavy (non-hydrogen) atoms. The van der Waals surface area contributed by atoms with E-state index in [0.717, 1.165) is 11.3 Å². The zero-order valence-corrected chi connectivity index (χ0v) is 15.2. The Morgan fingerprint density at radius 1 is 1.20 bits per heavy atom. The van der Waals surface area contributed by atoms with Gasteiger partial charge in [0.15, 0.2) is 11.5 Å². The van der Waals surface area contributed by atoms with E-state index in [9.17, 15) is 4.79 Å². The number of anilines is 1. The van der Waals surface area contributed by atoms with Crippen molar-refractivity contribution in [2.24, 2.45) is 0 Å². The highest BCUT2D eigenvalue weighted by atomic mass is 35.5. The first-order chi connectivity index (χ1) is 12.0. The number of rotatable bonds is 5. The van der Waals surface area contributed by atoms with Gasteiger partial charge in [-0.1, -0.05) is 23.7 Å². The maximum Gasteiger partial charge on any atom is 0.255 e. The lowest BCUT2D eigenvalue weighted by molar-refractivity contribution is 0.0935. The van der Waals surface area contributed by atoms with E-state index in [1.807, 2.05) is 45.0 Å². The summed E-state index contributed by atoms with van der Waals surface area (Å²) in [5.74, 6) is 0.953. The van der Waals surface area contributed by atoms with Crippen LogP contribution in [0.4, 0.5) is 5.69 Å². The summed E-state index contributed by atoms with van der Waals surface area (Å²) < 4.78 is 11.5. The van der Waals surface area contributed by atoms with Crippen LogP contribution in [-0.2, 0) is 0 Å². The minimum absolute atomic E-state index is 0.0260. The van der Waals surface area contributed by atoms with Gasteiger partial charge in [0.25, 0.3) is 5.91 Å². The van der Waals surface area contributed by atoms with Crippen molar-refractivity contribution in [3.8, 4) is 11.5 Å². The fraction of sp³-hybridized carbons (Fsp3) is 0.316. The van der Waals surface area contributed by atoms with Gasteiger partial charge in [-0.3, -0.25) is 4.79 Å². The number of carbonyl (C=O) groups is 1. The molecule has 1 atom stereocenters. The second-order valence-electron chi connectivity index (χ2n) is 6.03. The number of amides is 1. The Bertz CT molecular complexity index is 792. The summed E-state index contributed by atoms with van der Waals surface area (Å²) in [6.45, 7) is 6.25. The van der Waals surface area contributed by atoms with Gasteiger partial charge in [0.2, 0.25) is 0 Å². The van der Waals surface area contributed by atoms with E-state index >= 15 is 0 Å². The fourth-order valence-corrected chi connectivity index (χ4v) is 3.01. The Kier molecular flexibility index (Phi) is 5.04. The molecule has 0 aromatic heterocycles. The van der Waals surface area contributed by atoms with Crippen molar-refractivity contribution in [2.45, 2.75) is 33.0 Å². The van der Waals surface area contributed by atoms with Gasteiger partial charge in [-0.15, -0.1) is 0 Å². The molecular formula is C19H21ClN2O3. The number of para-hydroxylation sites is 1. The first-order valence-corrected chi connectivity index (χ1v) is 8.66. The second-order valence-corrected chi connectivity index (χ2v) is 6.43. The quantitative estimate of drug-likeness (QED) is 0.830. The third kappa shape index (κ3) is 3.66. The van der Waals surface area contributed by atoms with Crippen molar-refractivity contribution in [2.75, 3.05) is 11.9 Å². The van der Waals surface area contributed by atoms with Crippen LogP contribution in [0.3, 0.4) is 0 Å². The molecule has 0 saturated carbocycles. The van der Waals surface area contributed by atoms with Crippen LogP contribution in [0.25, 0.3) is 0 Å². The SMILES string of the molecule is CCOc1cc([C@H]2NC(=O)c3ccccc3N2)cc(Cl)c1OC(C)C. The van der Waals surface area contributed by atoms with Crippen molar-refractivity contribution in [1.29, 1.82) is 0 Å². The van der Waals surface area contributed by atoms with E-state index < -0.39 is 6.17 Å². The van der Waals surface area contributed by atoms with E-state index in [1.165, 1.54) is 0 Å². The van der Waals surface area contributed by atoms with Crippen molar-refractivity contribution in [3.63, 3.8) is 0 Å². The van der Waals surface area contributed by atoms with Crippen molar-refractivity contribution in [3.05, 3.63) is 52.5 Å². The number of benzene rings is 2. The Morgan fingerprint density at radius 3 is 2.68 bits per heavy atom. The smallest absolute Gasteiger partial charge is 0.255 e. The summed E-state index contributed by atoms with van der Waals surface area (Å²) in [6.07, 6.45) is -0.422. The first kappa shape index (κ1) is 17.4. The Morgan fingerprint density at radius 2 is 1.96 bits per heavy atom. The molecule has 6 heteroatoms. The number of fused-ring (bicyclic) bond motifs is 1. The average Bonchev–Trinajstić information content (AvgIpc) is 2.57. The average molecular weight is 361 g/mol. The lowest BCUT2D eigenvalue weighted by atomic mass is 10.1. The number of hydrogen-bond donors (Lipinski definition) is 2. The molecular weight excluding hydrogens is 340 g/mol. The van der Waals surface area contributed by atoms with Crippen molar-refractivity contribution < 1.29 is 14.3 Å². The third-order valence-corrected chi connectivity index (χ3v) is 4.05. The molecule has 1 aliphatic rings. The van der Waals surface area contributed by atoms with Gasteiger partial charge in [-0.2, -0.15) is 0 Å². The third-order valence-electron chi connectivity index (χ3n) is 3.77. The molecule has 0 aliphatic carbocycles. The van der Waals surface area contributed by atoms with Gasteiger partial charge >= 0.3 is 0 Å². The van der Waals surface area contributed by atoms with E-state index in [1.54, 1.807) is 12.1 Å². The molecule has 5 nitrogen and oxygen atoms in total. The highest BCUT2D eigenvalue weighted by Crippen LogP contribution is 2.39. The molecule has 0 spiro atoms. The molecule has 0 saturated heterocycles. The monoisotopic (exact) mass is 360 g/mol. The molecule has 1 amide bonds. The van der Waals surface area contributed by atoms with Gasteiger partial charge < -0.3 is 20.1 Å². The van der Waals surface area contributed by atoms with Crippen LogP contribution in [0, 0.1) is 0 Å². The number of nitrogens with one attached hydrogen (secondary N) is 2. The number of carbonyl (C=O) groups excluding carboxylic acids is 1.